The van der Waals surface area contributed by atoms with Crippen LogP contribution >= 0.6 is 11.6 Å². The van der Waals surface area contributed by atoms with E-state index in [1.807, 2.05) is 0 Å². The van der Waals surface area contributed by atoms with Gasteiger partial charge in [-0.2, -0.15) is 0 Å². The molecule has 30 heavy (non-hydrogen) atoms. The highest BCUT2D eigenvalue weighted by molar-refractivity contribution is 6.31. The Morgan fingerprint density at radius 1 is 1.10 bits per heavy atom. The van der Waals surface area contributed by atoms with Crippen LogP contribution in [0.2, 0.25) is 5.02 Å². The molecule has 3 heterocycles. The molecule has 0 saturated carbocycles. The molecule has 0 unspecified atom stereocenters. The summed E-state index contributed by atoms with van der Waals surface area (Å²) in [4.78, 5) is 28.2. The Kier molecular flexibility index (Phi) is 4.15. The predicted octanol–water partition coefficient (Wildman–Crippen LogP) is 4.50. The van der Waals surface area contributed by atoms with Crippen molar-refractivity contribution >= 4 is 34.3 Å². The number of anilines is 1. The van der Waals surface area contributed by atoms with E-state index >= 15 is 0 Å². The molecule has 150 valence electrons. The standard InChI is InChI=1S/C22H15ClN2O5/c1-11-9-17(24-30-11)25-19(12-3-6-14(28-2)7-4-12)18-20(26)15-10-13(23)5-8-16(15)29-21(18)22(25)27/h3-10,19H,1-2H3/t19-/m0/s1. The van der Waals surface area contributed by atoms with E-state index in [0.717, 1.165) is 0 Å². The molecule has 0 radical (unpaired) electrons. The summed E-state index contributed by atoms with van der Waals surface area (Å²) >= 11 is 6.09. The van der Waals surface area contributed by atoms with Gasteiger partial charge in [0.15, 0.2) is 11.2 Å². The third kappa shape index (κ3) is 2.70. The van der Waals surface area contributed by atoms with Crippen molar-refractivity contribution in [3.05, 3.63) is 86.4 Å². The van der Waals surface area contributed by atoms with Gasteiger partial charge >= 0.3 is 0 Å². The zero-order valence-electron chi connectivity index (χ0n) is 16.0. The largest absolute Gasteiger partial charge is 0.497 e. The maximum Gasteiger partial charge on any atom is 0.296 e. The molecule has 0 bridgehead atoms. The SMILES string of the molecule is COc1ccc([C@H]2c3c(oc4ccc(Cl)cc4c3=O)C(=O)N2c2cc(C)on2)cc1. The second kappa shape index (κ2) is 6.74. The summed E-state index contributed by atoms with van der Waals surface area (Å²) in [5.74, 6) is 1.01. The Hall–Kier alpha value is -3.58. The summed E-state index contributed by atoms with van der Waals surface area (Å²) in [6, 6.07) is 12.8. The summed E-state index contributed by atoms with van der Waals surface area (Å²) in [6.07, 6.45) is 0. The molecule has 4 aromatic rings. The zero-order valence-corrected chi connectivity index (χ0v) is 16.8. The van der Waals surface area contributed by atoms with Crippen molar-refractivity contribution in [2.45, 2.75) is 13.0 Å². The van der Waals surface area contributed by atoms with Crippen LogP contribution in [-0.2, 0) is 0 Å². The number of ether oxygens (including phenoxy) is 1. The predicted molar refractivity (Wildman–Crippen MR) is 110 cm³/mol. The fourth-order valence-corrected chi connectivity index (χ4v) is 3.92. The van der Waals surface area contributed by atoms with Crippen molar-refractivity contribution in [2.75, 3.05) is 12.0 Å². The number of aryl methyl sites for hydroxylation is 1. The van der Waals surface area contributed by atoms with E-state index in [9.17, 15) is 9.59 Å². The Labute approximate surface area is 175 Å². The third-order valence-corrected chi connectivity index (χ3v) is 5.36. The van der Waals surface area contributed by atoms with Crippen molar-refractivity contribution in [1.82, 2.24) is 5.16 Å². The minimum atomic E-state index is -0.734. The van der Waals surface area contributed by atoms with Gasteiger partial charge in [-0.1, -0.05) is 28.9 Å². The lowest BCUT2D eigenvalue weighted by atomic mass is 9.98. The highest BCUT2D eigenvalue weighted by Crippen LogP contribution is 2.41. The number of aromatic nitrogens is 1. The smallest absolute Gasteiger partial charge is 0.296 e. The molecule has 2 aromatic heterocycles. The molecule has 0 aliphatic carbocycles. The normalized spacial score (nSPS) is 15.6. The Bertz CT molecular complexity index is 1360. The molecule has 1 amide bonds. The molecule has 1 aliphatic heterocycles. The first kappa shape index (κ1) is 18.4. The monoisotopic (exact) mass is 422 g/mol. The minimum Gasteiger partial charge on any atom is -0.497 e. The van der Waals surface area contributed by atoms with Crippen LogP contribution in [0.3, 0.4) is 0 Å². The van der Waals surface area contributed by atoms with Gasteiger partial charge < -0.3 is 13.7 Å². The van der Waals surface area contributed by atoms with Gasteiger partial charge in [-0.25, -0.2) is 0 Å². The topological polar surface area (TPSA) is 85.8 Å². The fraction of sp³-hybridized carbons (Fsp3) is 0.136. The minimum absolute atomic E-state index is 0.0173. The number of rotatable bonds is 3. The van der Waals surface area contributed by atoms with Crippen molar-refractivity contribution in [2.24, 2.45) is 0 Å². The molecule has 1 aliphatic rings. The first-order chi connectivity index (χ1) is 14.5. The molecule has 0 fully saturated rings. The van der Waals surface area contributed by atoms with Gasteiger partial charge in [-0.15, -0.1) is 0 Å². The fourth-order valence-electron chi connectivity index (χ4n) is 3.75. The third-order valence-electron chi connectivity index (χ3n) is 5.13. The number of amides is 1. The van der Waals surface area contributed by atoms with Gasteiger partial charge in [0, 0.05) is 11.1 Å². The lowest BCUT2D eigenvalue weighted by molar-refractivity contribution is 0.0969. The van der Waals surface area contributed by atoms with Gasteiger partial charge in [0.1, 0.15) is 17.1 Å². The van der Waals surface area contributed by atoms with Crippen LogP contribution in [0.1, 0.15) is 33.5 Å². The maximum absolute atomic E-state index is 13.4. The molecule has 0 spiro atoms. The van der Waals surface area contributed by atoms with E-state index in [4.69, 9.17) is 25.3 Å². The Morgan fingerprint density at radius 2 is 1.87 bits per heavy atom. The molecule has 1 atom stereocenters. The average molecular weight is 423 g/mol. The van der Waals surface area contributed by atoms with Crippen molar-refractivity contribution in [3.63, 3.8) is 0 Å². The maximum atomic E-state index is 13.4. The van der Waals surface area contributed by atoms with Crippen LogP contribution in [0.5, 0.6) is 5.75 Å². The number of halogens is 1. The number of methoxy groups -OCH3 is 1. The number of hydrogen-bond donors (Lipinski definition) is 0. The first-order valence-electron chi connectivity index (χ1n) is 9.15. The van der Waals surface area contributed by atoms with Crippen LogP contribution in [0.4, 0.5) is 5.82 Å². The summed E-state index contributed by atoms with van der Waals surface area (Å²) in [5, 5.41) is 4.71. The van der Waals surface area contributed by atoms with Crippen molar-refractivity contribution < 1.29 is 18.5 Å². The second-order valence-electron chi connectivity index (χ2n) is 6.96. The summed E-state index contributed by atoms with van der Waals surface area (Å²) in [5.41, 5.74) is 0.923. The number of hydrogen-bond acceptors (Lipinski definition) is 6. The molecular formula is C22H15ClN2O5. The van der Waals surface area contributed by atoms with E-state index in [1.54, 1.807) is 62.6 Å². The average Bonchev–Trinajstić information content (AvgIpc) is 3.30. The van der Waals surface area contributed by atoms with Gasteiger partial charge in [-0.3, -0.25) is 14.5 Å². The van der Waals surface area contributed by atoms with E-state index in [-0.39, 0.29) is 16.8 Å². The van der Waals surface area contributed by atoms with Gasteiger partial charge in [-0.05, 0) is 42.8 Å². The molecule has 0 saturated heterocycles. The van der Waals surface area contributed by atoms with E-state index in [0.29, 0.717) is 38.9 Å². The van der Waals surface area contributed by atoms with Crippen molar-refractivity contribution in [3.8, 4) is 5.75 Å². The number of benzene rings is 2. The zero-order chi connectivity index (χ0) is 21.0. The van der Waals surface area contributed by atoms with E-state index in [1.165, 1.54) is 4.90 Å². The van der Waals surface area contributed by atoms with Gasteiger partial charge in [0.25, 0.3) is 5.91 Å². The molecule has 7 nitrogen and oxygen atoms in total. The summed E-state index contributed by atoms with van der Waals surface area (Å²) in [6.45, 7) is 1.73. The van der Waals surface area contributed by atoms with Crippen LogP contribution in [-0.4, -0.2) is 18.2 Å². The molecular weight excluding hydrogens is 408 g/mol. The Morgan fingerprint density at radius 3 is 2.53 bits per heavy atom. The van der Waals surface area contributed by atoms with Crippen LogP contribution < -0.4 is 15.1 Å². The van der Waals surface area contributed by atoms with Crippen LogP contribution in [0.15, 0.2) is 62.3 Å². The molecule has 0 N–H and O–H groups in total. The van der Waals surface area contributed by atoms with Crippen molar-refractivity contribution in [1.29, 1.82) is 0 Å². The number of nitrogens with zero attached hydrogens (tertiary/aromatic N) is 2. The molecule has 2 aromatic carbocycles. The summed E-state index contributed by atoms with van der Waals surface area (Å²) in [7, 11) is 1.57. The molecule has 8 heteroatoms. The van der Waals surface area contributed by atoms with Crippen LogP contribution in [0.25, 0.3) is 11.0 Å². The van der Waals surface area contributed by atoms with Gasteiger partial charge in [0.05, 0.1) is 24.1 Å². The lowest BCUT2D eigenvalue weighted by Gasteiger charge is -2.22. The number of fused-ring (bicyclic) bond motifs is 2. The Balaban J connectivity index is 1.80. The van der Waals surface area contributed by atoms with Gasteiger partial charge in [0.2, 0.25) is 5.76 Å². The van der Waals surface area contributed by atoms with Crippen LogP contribution in [0, 0.1) is 6.92 Å². The number of carbonyl (C=O) groups is 1. The highest BCUT2D eigenvalue weighted by Gasteiger charge is 2.44. The second-order valence-corrected chi connectivity index (χ2v) is 7.40. The molecule has 5 rings (SSSR count). The van der Waals surface area contributed by atoms with E-state index in [2.05, 4.69) is 5.16 Å². The lowest BCUT2D eigenvalue weighted by Crippen LogP contribution is -2.29. The highest BCUT2D eigenvalue weighted by atomic mass is 35.5. The summed E-state index contributed by atoms with van der Waals surface area (Å²) < 4.78 is 16.3. The number of carbonyl (C=O) groups excluding carboxylic acids is 1. The quantitative estimate of drug-likeness (QED) is 0.483. The van der Waals surface area contributed by atoms with E-state index < -0.39 is 11.9 Å². The first-order valence-corrected chi connectivity index (χ1v) is 9.53.